The van der Waals surface area contributed by atoms with Crippen molar-refractivity contribution in [2.45, 2.75) is 137 Å². The maximum atomic E-state index is 13.9. The van der Waals surface area contributed by atoms with E-state index in [1.807, 2.05) is 32.9 Å². The van der Waals surface area contributed by atoms with Crippen molar-refractivity contribution in [2.24, 2.45) is 46.3 Å². The number of carbonyl (C=O) groups excluding carboxylic acids is 1. The molecule has 8 saturated carbocycles. The highest BCUT2D eigenvalue weighted by Crippen LogP contribution is 2.68. The molecule has 4 atom stereocenters. The molecule has 9 heteroatoms. The first-order chi connectivity index (χ1) is 31.5. The Kier molecular flexibility index (Phi) is 13.4. The second-order valence-corrected chi connectivity index (χ2v) is 22.8. The number of anilines is 1. The predicted molar refractivity (Wildman–Crippen MR) is 263 cm³/mol. The third-order valence-electron chi connectivity index (χ3n) is 18.7. The summed E-state index contributed by atoms with van der Waals surface area (Å²) in [5.41, 5.74) is 9.40. The number of carbonyl (C=O) groups is 1. The number of rotatable bonds is 21. The molecule has 8 bridgehead atoms. The Morgan fingerprint density at radius 3 is 1.94 bits per heavy atom. The quantitative estimate of drug-likeness (QED) is 0.0791. The van der Waals surface area contributed by atoms with E-state index in [2.05, 4.69) is 68.0 Å². The summed E-state index contributed by atoms with van der Waals surface area (Å²) < 4.78 is 5.64. The fourth-order valence-corrected chi connectivity index (χ4v) is 15.5. The van der Waals surface area contributed by atoms with E-state index in [4.69, 9.17) is 4.74 Å². The zero-order chi connectivity index (χ0) is 44.7. The minimum Gasteiger partial charge on any atom is -0.382 e. The third-order valence-corrected chi connectivity index (χ3v) is 18.7. The molecule has 0 spiro atoms. The predicted octanol–water partition coefficient (Wildman–Crippen LogP) is 9.63. The Bertz CT molecular complexity index is 2140. The lowest BCUT2D eigenvalue weighted by Gasteiger charge is -2.38. The van der Waals surface area contributed by atoms with Gasteiger partial charge in [-0.1, -0.05) is 31.2 Å². The summed E-state index contributed by atoms with van der Waals surface area (Å²) >= 11 is 0. The number of ether oxygens (including phenoxy) is 1. The van der Waals surface area contributed by atoms with Gasteiger partial charge in [-0.3, -0.25) is 14.5 Å². The van der Waals surface area contributed by atoms with E-state index in [0.29, 0.717) is 22.0 Å². The normalized spacial score (nSPS) is 29.8. The second kappa shape index (κ2) is 19.2. The first kappa shape index (κ1) is 45.3. The summed E-state index contributed by atoms with van der Waals surface area (Å²) in [5, 5.41) is 10.7. The highest BCUT2D eigenvalue weighted by Gasteiger charge is 2.58. The van der Waals surface area contributed by atoms with Crippen LogP contribution in [0.3, 0.4) is 0 Å². The zero-order valence-corrected chi connectivity index (χ0v) is 40.4. The van der Waals surface area contributed by atoms with E-state index in [9.17, 15) is 9.59 Å². The van der Waals surface area contributed by atoms with Crippen LogP contribution < -0.4 is 21.5 Å². The van der Waals surface area contributed by atoms with Crippen LogP contribution in [0.25, 0.3) is 11.1 Å². The first-order valence-electron chi connectivity index (χ1n) is 26.2. The van der Waals surface area contributed by atoms with Gasteiger partial charge in [-0.05, 0) is 223 Å². The Morgan fingerprint density at radius 1 is 0.754 bits per heavy atom. The largest absolute Gasteiger partial charge is 0.382 e. The number of hydrogen-bond donors (Lipinski definition) is 4. The molecule has 4 unspecified atom stereocenters. The molecule has 1 aliphatic heterocycles. The van der Waals surface area contributed by atoms with Crippen LogP contribution in [0.1, 0.15) is 135 Å². The van der Waals surface area contributed by atoms with Crippen LogP contribution in [-0.4, -0.2) is 85.8 Å². The topological polar surface area (TPSA) is 102 Å². The van der Waals surface area contributed by atoms with Crippen LogP contribution in [0.5, 0.6) is 0 Å². The van der Waals surface area contributed by atoms with Crippen LogP contribution in [-0.2, 0) is 17.8 Å². The van der Waals surface area contributed by atoms with Gasteiger partial charge < -0.3 is 30.6 Å². The molecule has 4 N–H and O–H groups in total. The lowest BCUT2D eigenvalue weighted by atomic mass is 9.73. The van der Waals surface area contributed by atoms with Gasteiger partial charge >= 0.3 is 0 Å². The number of benzene rings is 2. The lowest BCUT2D eigenvalue weighted by molar-refractivity contribution is 0.0903. The number of aromatic amines is 1. The van der Waals surface area contributed by atoms with Gasteiger partial charge in [-0.15, -0.1) is 0 Å². The molecule has 12 rings (SSSR count). The number of pyridine rings is 1. The van der Waals surface area contributed by atoms with Gasteiger partial charge in [0.1, 0.15) is 0 Å². The molecule has 3 aromatic rings. The van der Waals surface area contributed by atoms with Gasteiger partial charge in [0, 0.05) is 81.0 Å². The van der Waals surface area contributed by atoms with E-state index in [-0.39, 0.29) is 24.1 Å². The Hall–Kier alpha value is -3.50. The molecular weight excluding hydrogens is 805 g/mol. The minimum absolute atomic E-state index is 0.154. The molecule has 1 amide bonds. The molecule has 352 valence electrons. The van der Waals surface area contributed by atoms with Crippen molar-refractivity contribution < 1.29 is 9.53 Å². The monoisotopic (exact) mass is 885 g/mol. The smallest absolute Gasteiger partial charge is 0.253 e. The lowest BCUT2D eigenvalue weighted by Crippen LogP contribution is -2.40. The van der Waals surface area contributed by atoms with Gasteiger partial charge in [0.15, 0.2) is 0 Å². The maximum Gasteiger partial charge on any atom is 0.253 e. The van der Waals surface area contributed by atoms with E-state index in [1.54, 1.807) is 64.2 Å². The molecule has 2 aromatic carbocycles. The summed E-state index contributed by atoms with van der Waals surface area (Å²) in [4.78, 5) is 35.0. The number of nitrogens with one attached hydrogen (secondary N) is 4. The van der Waals surface area contributed by atoms with E-state index >= 15 is 0 Å². The minimum atomic E-state index is -0.181. The van der Waals surface area contributed by atoms with E-state index in [1.165, 1.54) is 38.0 Å². The summed E-state index contributed by atoms with van der Waals surface area (Å²) in [6, 6.07) is 15.4. The third kappa shape index (κ3) is 9.78. The number of hydrogen-bond acceptors (Lipinski definition) is 7. The van der Waals surface area contributed by atoms with Gasteiger partial charge in [-0.25, -0.2) is 0 Å². The van der Waals surface area contributed by atoms with Crippen LogP contribution in [0.4, 0.5) is 5.69 Å². The van der Waals surface area contributed by atoms with Crippen LogP contribution >= 0.6 is 0 Å². The summed E-state index contributed by atoms with van der Waals surface area (Å²) in [5.74, 6) is 6.13. The van der Waals surface area contributed by atoms with Crippen LogP contribution in [0.2, 0.25) is 0 Å². The Labute approximate surface area is 390 Å². The number of likely N-dealkylation sites (N-methyl/N-ethyl adjacent to an activating group) is 1. The van der Waals surface area contributed by atoms with Crippen LogP contribution in [0, 0.1) is 67.1 Å². The number of H-pyrrole nitrogens is 1. The Morgan fingerprint density at radius 2 is 1.35 bits per heavy atom. The molecular formula is C56H80N6O3. The van der Waals surface area contributed by atoms with Gasteiger partial charge in [-0.2, -0.15) is 0 Å². The second-order valence-electron chi connectivity index (χ2n) is 22.8. The van der Waals surface area contributed by atoms with Crippen molar-refractivity contribution in [2.75, 3.05) is 64.3 Å². The standard InChI is InChI=1S/C56H80N6O3/c1-5-61(18-14-57-15-19-62(16-12-55-31-41-23-42(32-55)26-47(55)25-41)17-13-56-33-43-24-44(34-56)28-48(56)27-43)36-40-6-8-45(9-7-40)46-29-50(39(4)52(30-46)60-49-10-20-65-21-11-49)53(63)58-35-51-37(2)22-38(3)59-54(51)64/h6-9,22,29-30,41-44,47-49,57,60H,5,10-21,23-28,31-36H2,1-4H3,(H,58,63)(H,59,64). The number of aromatic nitrogens is 1. The highest BCUT2D eigenvalue weighted by molar-refractivity contribution is 5.98. The van der Waals surface area contributed by atoms with Gasteiger partial charge in [0.05, 0.1) is 0 Å². The summed E-state index contributed by atoms with van der Waals surface area (Å²) in [7, 11) is 0. The van der Waals surface area contributed by atoms with Gasteiger partial charge in [0.2, 0.25) is 0 Å². The van der Waals surface area contributed by atoms with Crippen molar-refractivity contribution in [3.05, 3.63) is 86.3 Å². The molecule has 9 nitrogen and oxygen atoms in total. The highest BCUT2D eigenvalue weighted by atomic mass is 16.5. The average molecular weight is 885 g/mol. The molecule has 1 aromatic heterocycles. The number of aryl methyl sites for hydroxylation is 2. The number of amides is 1. The summed E-state index contributed by atoms with van der Waals surface area (Å²) in [6.45, 7) is 18.6. The number of nitrogens with zero attached hydrogens (tertiary/aromatic N) is 2. The fraction of sp³-hybridized carbons (Fsp3) is 0.679. The molecule has 0 radical (unpaired) electrons. The van der Waals surface area contributed by atoms with E-state index < -0.39 is 0 Å². The zero-order valence-electron chi connectivity index (χ0n) is 40.4. The summed E-state index contributed by atoms with van der Waals surface area (Å²) in [6.07, 6.45) is 20.3. The molecule has 9 aliphatic rings. The van der Waals surface area contributed by atoms with Crippen molar-refractivity contribution >= 4 is 11.6 Å². The molecule has 8 aliphatic carbocycles. The molecule has 9 fully saturated rings. The van der Waals surface area contributed by atoms with E-state index in [0.717, 1.165) is 128 Å². The fourth-order valence-electron chi connectivity index (χ4n) is 15.5. The Balaban J connectivity index is 0.746. The SMILES string of the molecule is CCN(CCNCCN(CCC12CC3CC(CC1C3)C2)CCC12CC3CC(CC1C3)C2)Cc1ccc(-c2cc(NC3CCOCC3)c(C)c(C(=O)NCc3c(C)cc(C)[nH]c3=O)c2)cc1. The van der Waals surface area contributed by atoms with Crippen molar-refractivity contribution in [3.63, 3.8) is 0 Å². The molecule has 1 saturated heterocycles. The average Bonchev–Trinajstić information content (AvgIpc) is 3.88. The van der Waals surface area contributed by atoms with Crippen molar-refractivity contribution in [1.82, 2.24) is 25.4 Å². The molecule has 2 heterocycles. The van der Waals surface area contributed by atoms with Gasteiger partial charge in [0.25, 0.3) is 11.5 Å². The first-order valence-corrected chi connectivity index (χ1v) is 26.2. The van der Waals surface area contributed by atoms with Crippen LogP contribution in [0.15, 0.2) is 47.3 Å². The molecule has 65 heavy (non-hydrogen) atoms. The van der Waals surface area contributed by atoms with Crippen molar-refractivity contribution in [3.8, 4) is 11.1 Å². The van der Waals surface area contributed by atoms with Crippen molar-refractivity contribution in [1.29, 1.82) is 0 Å². The maximum absolute atomic E-state index is 13.9.